The summed E-state index contributed by atoms with van der Waals surface area (Å²) in [5.74, 6) is 1.40. The van der Waals surface area contributed by atoms with Crippen LogP contribution in [-0.4, -0.2) is 87.7 Å². The van der Waals surface area contributed by atoms with Crippen LogP contribution in [0.3, 0.4) is 0 Å². The number of aliphatic imine (C=N–C) groups is 1. The van der Waals surface area contributed by atoms with Crippen LogP contribution in [0.4, 0.5) is 0 Å². The van der Waals surface area contributed by atoms with E-state index in [1.807, 2.05) is 0 Å². The summed E-state index contributed by atoms with van der Waals surface area (Å²) in [4.78, 5) is 21.4. The number of methoxy groups -OCH3 is 1. The first-order valence-electron chi connectivity index (χ1n) is 10.6. The van der Waals surface area contributed by atoms with Gasteiger partial charge in [-0.1, -0.05) is 36.8 Å². The standard InChI is InChI=1S/C22H37N5O2/c1-5-23-22(25-16-19(3)20-8-6-7-18(2)15-20)27-12-10-26(11-13-27)17-21(28)24-9-14-29-4/h6-8,15,19H,5,9-14,16-17H2,1-4H3,(H,23,25)(H,24,28). The van der Waals surface area contributed by atoms with E-state index in [4.69, 9.17) is 9.73 Å². The molecule has 1 atom stereocenters. The predicted octanol–water partition coefficient (Wildman–Crippen LogP) is 1.44. The van der Waals surface area contributed by atoms with Crippen LogP contribution in [-0.2, 0) is 9.53 Å². The molecule has 0 saturated carbocycles. The summed E-state index contributed by atoms with van der Waals surface area (Å²) in [6.07, 6.45) is 0. The molecule has 2 N–H and O–H groups in total. The van der Waals surface area contributed by atoms with E-state index in [-0.39, 0.29) is 5.91 Å². The number of carbonyl (C=O) groups is 1. The third-order valence-electron chi connectivity index (χ3n) is 5.13. The lowest BCUT2D eigenvalue weighted by Crippen LogP contribution is -2.54. The first-order valence-corrected chi connectivity index (χ1v) is 10.6. The quantitative estimate of drug-likeness (QED) is 0.371. The maximum absolute atomic E-state index is 12.0. The number of nitrogens with one attached hydrogen (secondary N) is 2. The summed E-state index contributed by atoms with van der Waals surface area (Å²) < 4.78 is 4.96. The van der Waals surface area contributed by atoms with E-state index in [9.17, 15) is 4.79 Å². The van der Waals surface area contributed by atoms with Gasteiger partial charge in [0.15, 0.2) is 5.96 Å². The zero-order valence-corrected chi connectivity index (χ0v) is 18.4. The smallest absolute Gasteiger partial charge is 0.234 e. The number of benzene rings is 1. The lowest BCUT2D eigenvalue weighted by atomic mass is 10.00. The first-order chi connectivity index (χ1) is 14.0. The molecule has 1 aromatic rings. The number of ether oxygens (including phenoxy) is 1. The molecule has 1 aliphatic rings. The second-order valence-corrected chi connectivity index (χ2v) is 7.62. The number of nitrogens with zero attached hydrogens (tertiary/aromatic N) is 3. The molecule has 162 valence electrons. The van der Waals surface area contributed by atoms with Crippen molar-refractivity contribution in [2.24, 2.45) is 4.99 Å². The van der Waals surface area contributed by atoms with Gasteiger partial charge in [-0.3, -0.25) is 14.7 Å². The third kappa shape index (κ3) is 8.03. The van der Waals surface area contributed by atoms with Gasteiger partial charge in [-0.15, -0.1) is 0 Å². The molecule has 1 unspecified atom stereocenters. The molecule has 0 radical (unpaired) electrons. The molecule has 7 nitrogen and oxygen atoms in total. The fraction of sp³-hybridized carbons (Fsp3) is 0.636. The SMILES string of the molecule is CCNC(=NCC(C)c1cccc(C)c1)N1CCN(CC(=O)NCCOC)CC1. The van der Waals surface area contributed by atoms with Crippen LogP contribution < -0.4 is 10.6 Å². The fourth-order valence-corrected chi connectivity index (χ4v) is 3.40. The molecule has 29 heavy (non-hydrogen) atoms. The molecule has 2 rings (SSSR count). The topological polar surface area (TPSA) is 69.2 Å². The van der Waals surface area contributed by atoms with E-state index in [2.05, 4.69) is 65.5 Å². The molecule has 1 amide bonds. The molecule has 1 saturated heterocycles. The Morgan fingerprint density at radius 3 is 2.66 bits per heavy atom. The number of hydrogen-bond acceptors (Lipinski definition) is 4. The van der Waals surface area contributed by atoms with Crippen LogP contribution in [0.25, 0.3) is 0 Å². The minimum Gasteiger partial charge on any atom is -0.383 e. The number of aryl methyl sites for hydroxylation is 1. The van der Waals surface area contributed by atoms with Crippen LogP contribution in [0, 0.1) is 6.92 Å². The first kappa shape index (κ1) is 23.2. The molecule has 0 bridgehead atoms. The Bertz CT molecular complexity index is 656. The maximum Gasteiger partial charge on any atom is 0.234 e. The van der Waals surface area contributed by atoms with Crippen LogP contribution in [0.5, 0.6) is 0 Å². The lowest BCUT2D eigenvalue weighted by Gasteiger charge is -2.36. The molecule has 1 heterocycles. The van der Waals surface area contributed by atoms with Crippen LogP contribution >= 0.6 is 0 Å². The highest BCUT2D eigenvalue weighted by molar-refractivity contribution is 5.80. The van der Waals surface area contributed by atoms with Gasteiger partial charge in [-0.05, 0) is 19.4 Å². The van der Waals surface area contributed by atoms with Crippen molar-refractivity contribution >= 4 is 11.9 Å². The van der Waals surface area contributed by atoms with Gasteiger partial charge in [0.05, 0.1) is 13.2 Å². The molecule has 1 aromatic carbocycles. The zero-order chi connectivity index (χ0) is 21.1. The number of carbonyl (C=O) groups excluding carboxylic acids is 1. The Kier molecular flexibility index (Phi) is 9.94. The average molecular weight is 404 g/mol. The van der Waals surface area contributed by atoms with Gasteiger partial charge >= 0.3 is 0 Å². The number of amides is 1. The predicted molar refractivity (Wildman–Crippen MR) is 118 cm³/mol. The van der Waals surface area contributed by atoms with E-state index >= 15 is 0 Å². The van der Waals surface area contributed by atoms with Crippen molar-refractivity contribution in [3.63, 3.8) is 0 Å². The largest absolute Gasteiger partial charge is 0.383 e. The summed E-state index contributed by atoms with van der Waals surface area (Å²) in [7, 11) is 1.64. The Balaban J connectivity index is 1.85. The van der Waals surface area contributed by atoms with Gasteiger partial charge < -0.3 is 20.3 Å². The van der Waals surface area contributed by atoms with Crippen LogP contribution in [0.2, 0.25) is 0 Å². The van der Waals surface area contributed by atoms with Crippen LogP contribution in [0.1, 0.15) is 30.9 Å². The Hall–Kier alpha value is -2.12. The maximum atomic E-state index is 12.0. The summed E-state index contributed by atoms with van der Waals surface area (Å²) in [5.41, 5.74) is 2.61. The summed E-state index contributed by atoms with van der Waals surface area (Å²) in [5, 5.41) is 6.31. The van der Waals surface area contributed by atoms with E-state index in [1.165, 1.54) is 11.1 Å². The molecular weight excluding hydrogens is 366 g/mol. The molecule has 1 aliphatic heterocycles. The fourth-order valence-electron chi connectivity index (χ4n) is 3.40. The minimum absolute atomic E-state index is 0.0584. The lowest BCUT2D eigenvalue weighted by molar-refractivity contribution is -0.122. The molecule has 7 heteroatoms. The highest BCUT2D eigenvalue weighted by atomic mass is 16.5. The summed E-state index contributed by atoms with van der Waals surface area (Å²) in [6.45, 7) is 13.1. The number of hydrogen-bond donors (Lipinski definition) is 2. The van der Waals surface area contributed by atoms with Gasteiger partial charge in [0, 0.05) is 58.8 Å². The van der Waals surface area contributed by atoms with Gasteiger partial charge in [0.25, 0.3) is 0 Å². The number of rotatable bonds is 9. The third-order valence-corrected chi connectivity index (χ3v) is 5.13. The van der Waals surface area contributed by atoms with Crippen molar-refractivity contribution in [3.8, 4) is 0 Å². The van der Waals surface area contributed by atoms with Gasteiger partial charge in [-0.25, -0.2) is 0 Å². The van der Waals surface area contributed by atoms with Crippen molar-refractivity contribution in [2.45, 2.75) is 26.7 Å². The van der Waals surface area contributed by atoms with E-state index in [0.717, 1.165) is 45.2 Å². The van der Waals surface area contributed by atoms with Crippen molar-refractivity contribution < 1.29 is 9.53 Å². The monoisotopic (exact) mass is 403 g/mol. The molecule has 0 aromatic heterocycles. The zero-order valence-electron chi connectivity index (χ0n) is 18.4. The van der Waals surface area contributed by atoms with Crippen molar-refractivity contribution in [2.75, 3.05) is 66.1 Å². The van der Waals surface area contributed by atoms with E-state index in [0.29, 0.717) is 25.6 Å². The van der Waals surface area contributed by atoms with Gasteiger partial charge in [0.2, 0.25) is 5.91 Å². The molecule has 0 aliphatic carbocycles. The van der Waals surface area contributed by atoms with E-state index < -0.39 is 0 Å². The Labute approximate surface area is 175 Å². The number of piperazine rings is 1. The van der Waals surface area contributed by atoms with Crippen molar-refractivity contribution in [1.82, 2.24) is 20.4 Å². The highest BCUT2D eigenvalue weighted by Crippen LogP contribution is 2.17. The summed E-state index contributed by atoms with van der Waals surface area (Å²) >= 11 is 0. The van der Waals surface area contributed by atoms with Gasteiger partial charge in [0.1, 0.15) is 0 Å². The Morgan fingerprint density at radius 2 is 2.00 bits per heavy atom. The number of guanidine groups is 1. The normalized spacial score (nSPS) is 16.6. The van der Waals surface area contributed by atoms with Crippen molar-refractivity contribution in [3.05, 3.63) is 35.4 Å². The van der Waals surface area contributed by atoms with E-state index in [1.54, 1.807) is 7.11 Å². The van der Waals surface area contributed by atoms with Crippen molar-refractivity contribution in [1.29, 1.82) is 0 Å². The molecule has 1 fully saturated rings. The second kappa shape index (κ2) is 12.4. The van der Waals surface area contributed by atoms with Gasteiger partial charge in [-0.2, -0.15) is 0 Å². The second-order valence-electron chi connectivity index (χ2n) is 7.62. The average Bonchev–Trinajstić information content (AvgIpc) is 2.72. The molecular formula is C22H37N5O2. The van der Waals surface area contributed by atoms with Crippen LogP contribution in [0.15, 0.2) is 29.3 Å². The summed E-state index contributed by atoms with van der Waals surface area (Å²) in [6, 6.07) is 8.65. The highest BCUT2D eigenvalue weighted by Gasteiger charge is 2.21. The molecule has 0 spiro atoms. The Morgan fingerprint density at radius 1 is 1.24 bits per heavy atom. The minimum atomic E-state index is 0.0584.